The molecule has 5 heteroatoms. The summed E-state index contributed by atoms with van der Waals surface area (Å²) in [5.74, 6) is 0.392. The number of carbonyl (C=O) groups excluding carboxylic acids is 1. The maximum Gasteiger partial charge on any atom is 0.219 e. The molecule has 0 spiro atoms. The van der Waals surface area contributed by atoms with Gasteiger partial charge in [0.1, 0.15) is 5.15 Å². The maximum absolute atomic E-state index is 11.3. The topological polar surface area (TPSA) is 46.1 Å². The van der Waals surface area contributed by atoms with Crippen LogP contribution in [0.3, 0.4) is 0 Å². The predicted octanol–water partition coefficient (Wildman–Crippen LogP) is 1.86. The van der Waals surface area contributed by atoms with E-state index in [1.54, 1.807) is 13.1 Å². The van der Waals surface area contributed by atoms with Crippen LogP contribution in [0.4, 0.5) is 0 Å². The van der Waals surface area contributed by atoms with Gasteiger partial charge in [-0.25, -0.2) is 4.98 Å². The van der Waals surface area contributed by atoms with Crippen molar-refractivity contribution in [2.45, 2.75) is 25.7 Å². The number of aromatic nitrogens is 2. The molecule has 4 nitrogen and oxygen atoms in total. The van der Waals surface area contributed by atoms with Gasteiger partial charge >= 0.3 is 0 Å². The third-order valence-electron chi connectivity index (χ3n) is 2.91. The molecule has 0 aromatic carbocycles. The number of rotatable bonds is 1. The molecule has 86 valence electrons. The Kier molecular flexibility index (Phi) is 3.39. The second kappa shape index (κ2) is 4.78. The van der Waals surface area contributed by atoms with Crippen LogP contribution >= 0.6 is 11.6 Å². The fraction of sp³-hybridized carbons (Fsp3) is 0.545. The second-order valence-corrected chi connectivity index (χ2v) is 4.46. The summed E-state index contributed by atoms with van der Waals surface area (Å²) in [4.78, 5) is 21.5. The van der Waals surface area contributed by atoms with E-state index in [-0.39, 0.29) is 11.8 Å². The molecule has 2 heterocycles. The van der Waals surface area contributed by atoms with E-state index in [9.17, 15) is 4.79 Å². The Morgan fingerprint density at radius 2 is 2.38 bits per heavy atom. The van der Waals surface area contributed by atoms with Crippen LogP contribution in [-0.4, -0.2) is 33.9 Å². The van der Waals surface area contributed by atoms with Crippen LogP contribution in [0.25, 0.3) is 0 Å². The fourth-order valence-corrected chi connectivity index (χ4v) is 2.21. The minimum absolute atomic E-state index is 0.125. The zero-order valence-corrected chi connectivity index (χ0v) is 9.94. The minimum Gasteiger partial charge on any atom is -0.342 e. The van der Waals surface area contributed by atoms with E-state index < -0.39 is 0 Å². The molecule has 16 heavy (non-hydrogen) atoms. The number of piperidine rings is 1. The standard InChI is InChI=1S/C11H14ClN3O/c1-8(16)15-4-2-3-9(7-15)10-5-13-6-11(12)14-10/h5-6,9H,2-4,7H2,1H3/t9-/m1/s1. The minimum atomic E-state index is 0.125. The molecule has 0 radical (unpaired) electrons. The van der Waals surface area contributed by atoms with Crippen LogP contribution in [-0.2, 0) is 4.79 Å². The van der Waals surface area contributed by atoms with E-state index >= 15 is 0 Å². The van der Waals surface area contributed by atoms with E-state index in [1.165, 1.54) is 6.20 Å². The van der Waals surface area contributed by atoms with Crippen molar-refractivity contribution in [1.82, 2.24) is 14.9 Å². The maximum atomic E-state index is 11.3. The molecular formula is C11H14ClN3O. The van der Waals surface area contributed by atoms with Gasteiger partial charge < -0.3 is 4.90 Å². The average Bonchev–Trinajstić information content (AvgIpc) is 2.29. The number of halogens is 1. The van der Waals surface area contributed by atoms with Gasteiger partial charge in [0.15, 0.2) is 0 Å². The first-order valence-electron chi connectivity index (χ1n) is 5.40. The van der Waals surface area contributed by atoms with Gasteiger partial charge in [-0.2, -0.15) is 0 Å². The molecule has 0 aliphatic carbocycles. The average molecular weight is 240 g/mol. The quantitative estimate of drug-likeness (QED) is 0.752. The van der Waals surface area contributed by atoms with E-state index in [2.05, 4.69) is 9.97 Å². The first-order valence-corrected chi connectivity index (χ1v) is 5.77. The van der Waals surface area contributed by atoms with Crippen LogP contribution in [0.15, 0.2) is 12.4 Å². The third kappa shape index (κ3) is 2.50. The van der Waals surface area contributed by atoms with Crippen molar-refractivity contribution in [2.75, 3.05) is 13.1 Å². The van der Waals surface area contributed by atoms with Crippen LogP contribution in [0, 0.1) is 0 Å². The molecule has 0 N–H and O–H groups in total. The molecule has 1 aliphatic rings. The predicted molar refractivity (Wildman–Crippen MR) is 61.3 cm³/mol. The first kappa shape index (κ1) is 11.3. The summed E-state index contributed by atoms with van der Waals surface area (Å²) >= 11 is 5.81. The van der Waals surface area contributed by atoms with Gasteiger partial charge in [-0.3, -0.25) is 9.78 Å². The van der Waals surface area contributed by atoms with Gasteiger partial charge in [0.05, 0.1) is 11.9 Å². The van der Waals surface area contributed by atoms with Crippen LogP contribution < -0.4 is 0 Å². The molecule has 1 saturated heterocycles. The zero-order chi connectivity index (χ0) is 11.5. The number of carbonyl (C=O) groups is 1. The van der Waals surface area contributed by atoms with Gasteiger partial charge in [0.25, 0.3) is 0 Å². The Hall–Kier alpha value is -1.16. The van der Waals surface area contributed by atoms with E-state index in [0.717, 1.165) is 31.6 Å². The summed E-state index contributed by atoms with van der Waals surface area (Å²) < 4.78 is 0. The summed E-state index contributed by atoms with van der Waals surface area (Å²) in [6.07, 6.45) is 5.31. The number of hydrogen-bond donors (Lipinski definition) is 0. The van der Waals surface area contributed by atoms with Gasteiger partial charge in [-0.15, -0.1) is 0 Å². The lowest BCUT2D eigenvalue weighted by atomic mass is 9.95. The van der Waals surface area contributed by atoms with Crippen molar-refractivity contribution in [3.05, 3.63) is 23.2 Å². The second-order valence-electron chi connectivity index (χ2n) is 4.07. The lowest BCUT2D eigenvalue weighted by molar-refractivity contribution is -0.130. The van der Waals surface area contributed by atoms with Gasteiger partial charge in [-0.05, 0) is 12.8 Å². The normalized spacial score (nSPS) is 20.9. The van der Waals surface area contributed by atoms with Crippen LogP contribution in [0.1, 0.15) is 31.4 Å². The Balaban J connectivity index is 2.12. The largest absolute Gasteiger partial charge is 0.342 e. The molecule has 1 aliphatic heterocycles. The van der Waals surface area contributed by atoms with Gasteiger partial charge in [0.2, 0.25) is 5.91 Å². The molecule has 1 aromatic heterocycles. The number of nitrogens with zero attached hydrogens (tertiary/aromatic N) is 3. The van der Waals surface area contributed by atoms with Crippen LogP contribution in [0.5, 0.6) is 0 Å². The van der Waals surface area contributed by atoms with Crippen molar-refractivity contribution in [3.63, 3.8) is 0 Å². The molecule has 1 atom stereocenters. The number of amides is 1. The molecule has 1 amide bonds. The summed E-state index contributed by atoms with van der Waals surface area (Å²) in [6, 6.07) is 0. The van der Waals surface area contributed by atoms with Crippen molar-refractivity contribution in [2.24, 2.45) is 0 Å². The highest BCUT2D eigenvalue weighted by molar-refractivity contribution is 6.29. The van der Waals surface area contributed by atoms with E-state index in [1.807, 2.05) is 4.90 Å². The summed E-state index contributed by atoms with van der Waals surface area (Å²) in [6.45, 7) is 3.18. The van der Waals surface area contributed by atoms with Crippen molar-refractivity contribution in [1.29, 1.82) is 0 Å². The van der Waals surface area contributed by atoms with Crippen molar-refractivity contribution >= 4 is 17.5 Å². The summed E-state index contributed by atoms with van der Waals surface area (Å²) in [5, 5.41) is 0.414. The highest BCUT2D eigenvalue weighted by atomic mass is 35.5. The fourth-order valence-electron chi connectivity index (χ4n) is 2.06. The number of hydrogen-bond acceptors (Lipinski definition) is 3. The molecule has 2 rings (SSSR count). The van der Waals surface area contributed by atoms with Crippen molar-refractivity contribution < 1.29 is 4.79 Å². The SMILES string of the molecule is CC(=O)N1CCC[C@@H](c2cncc(Cl)n2)C1. The van der Waals surface area contributed by atoms with Crippen molar-refractivity contribution in [3.8, 4) is 0 Å². The Morgan fingerprint density at radius 3 is 3.06 bits per heavy atom. The molecule has 0 bridgehead atoms. The van der Waals surface area contributed by atoms with E-state index in [4.69, 9.17) is 11.6 Å². The van der Waals surface area contributed by atoms with Gasteiger partial charge in [0, 0.05) is 32.1 Å². The third-order valence-corrected chi connectivity index (χ3v) is 3.09. The lowest BCUT2D eigenvalue weighted by Crippen LogP contribution is -2.37. The monoisotopic (exact) mass is 239 g/mol. The highest BCUT2D eigenvalue weighted by Crippen LogP contribution is 2.25. The van der Waals surface area contributed by atoms with Gasteiger partial charge in [-0.1, -0.05) is 11.6 Å². The zero-order valence-electron chi connectivity index (χ0n) is 9.19. The Labute approximate surface area is 99.6 Å². The lowest BCUT2D eigenvalue weighted by Gasteiger charge is -2.31. The summed E-state index contributed by atoms with van der Waals surface area (Å²) in [5.41, 5.74) is 0.887. The molecular weight excluding hydrogens is 226 g/mol. The molecule has 0 saturated carbocycles. The first-order chi connectivity index (χ1) is 7.66. The number of likely N-dealkylation sites (tertiary alicyclic amines) is 1. The summed E-state index contributed by atoms with van der Waals surface area (Å²) in [7, 11) is 0. The molecule has 1 fully saturated rings. The Morgan fingerprint density at radius 1 is 1.56 bits per heavy atom. The Bertz CT molecular complexity index is 397. The smallest absolute Gasteiger partial charge is 0.219 e. The highest BCUT2D eigenvalue weighted by Gasteiger charge is 2.23. The molecule has 0 unspecified atom stereocenters. The molecule has 1 aromatic rings. The van der Waals surface area contributed by atoms with Crippen LogP contribution in [0.2, 0.25) is 5.15 Å². The van der Waals surface area contributed by atoms with E-state index in [0.29, 0.717) is 5.15 Å².